The third-order valence-corrected chi connectivity index (χ3v) is 6.36. The molecule has 8 heteroatoms. The standard InChI is InChI=1S/C25H35N3O4S/c1-25(2,3)32-24(29)26-22-14-16-27(17-15-22)23(21-12-8-5-9-13-21)19-28(33(30)31)18-20-10-6-4-7-11-20/h4-13,22-23H,14-19H2,1-3H3,(H,26,29)(H,30,31)/p-1. The lowest BCUT2D eigenvalue weighted by molar-refractivity contribution is 0.0463. The lowest BCUT2D eigenvalue weighted by Crippen LogP contribution is -2.48. The van der Waals surface area contributed by atoms with Gasteiger partial charge in [0.15, 0.2) is 0 Å². The van der Waals surface area contributed by atoms with E-state index in [-0.39, 0.29) is 12.1 Å². The summed E-state index contributed by atoms with van der Waals surface area (Å²) in [5.74, 6) is 0. The molecule has 2 aromatic carbocycles. The van der Waals surface area contributed by atoms with Crippen LogP contribution in [0.2, 0.25) is 0 Å². The van der Waals surface area contributed by atoms with Gasteiger partial charge in [0.05, 0.1) is 0 Å². The van der Waals surface area contributed by atoms with E-state index < -0.39 is 23.0 Å². The molecule has 0 aliphatic carbocycles. The molecule has 1 saturated heterocycles. The average molecular weight is 473 g/mol. The van der Waals surface area contributed by atoms with E-state index in [2.05, 4.69) is 10.2 Å². The maximum absolute atomic E-state index is 12.1. The molecule has 7 nitrogen and oxygen atoms in total. The van der Waals surface area contributed by atoms with E-state index in [1.54, 1.807) is 0 Å². The minimum Gasteiger partial charge on any atom is -0.760 e. The van der Waals surface area contributed by atoms with Crippen molar-refractivity contribution in [2.45, 2.75) is 57.8 Å². The van der Waals surface area contributed by atoms with Gasteiger partial charge in [-0.05, 0) is 44.7 Å². The number of carbonyl (C=O) groups is 1. The van der Waals surface area contributed by atoms with Gasteiger partial charge < -0.3 is 14.6 Å². The van der Waals surface area contributed by atoms with Crippen LogP contribution >= 0.6 is 0 Å². The first-order valence-electron chi connectivity index (χ1n) is 11.4. The van der Waals surface area contributed by atoms with Crippen LogP contribution in [0.3, 0.4) is 0 Å². The van der Waals surface area contributed by atoms with Crippen LogP contribution in [0.15, 0.2) is 60.7 Å². The Hall–Kier alpha value is -2.26. The molecule has 3 rings (SSSR count). The molecule has 2 unspecified atom stereocenters. The molecule has 2 atom stereocenters. The minimum atomic E-state index is -2.34. The monoisotopic (exact) mass is 472 g/mol. The molecule has 180 valence electrons. The highest BCUT2D eigenvalue weighted by Crippen LogP contribution is 2.27. The average Bonchev–Trinajstić information content (AvgIpc) is 2.77. The maximum atomic E-state index is 12.1. The van der Waals surface area contributed by atoms with Crippen molar-refractivity contribution in [2.75, 3.05) is 19.6 Å². The van der Waals surface area contributed by atoms with Crippen molar-refractivity contribution >= 4 is 17.4 Å². The quantitative estimate of drug-likeness (QED) is 0.587. The maximum Gasteiger partial charge on any atom is 0.407 e. The van der Waals surface area contributed by atoms with Crippen LogP contribution in [0.4, 0.5) is 4.79 Å². The number of piperidine rings is 1. The molecule has 1 heterocycles. The number of ether oxygens (including phenoxy) is 1. The van der Waals surface area contributed by atoms with Crippen molar-refractivity contribution in [2.24, 2.45) is 0 Å². The van der Waals surface area contributed by atoms with Gasteiger partial charge in [-0.2, -0.15) is 0 Å². The SMILES string of the molecule is CC(C)(C)OC(=O)NC1CCN(C(CN(Cc2ccccc2)S(=O)[O-])c2ccccc2)CC1. The molecule has 1 fully saturated rings. The number of benzene rings is 2. The number of carbonyl (C=O) groups excluding carboxylic acids is 1. The van der Waals surface area contributed by atoms with E-state index in [1.165, 1.54) is 4.31 Å². The lowest BCUT2D eigenvalue weighted by Gasteiger charge is -2.40. The van der Waals surface area contributed by atoms with Gasteiger partial charge in [0.2, 0.25) is 0 Å². The molecule has 2 aromatic rings. The van der Waals surface area contributed by atoms with Crippen molar-refractivity contribution < 1.29 is 18.3 Å². The third-order valence-electron chi connectivity index (χ3n) is 5.66. The molecule has 0 saturated carbocycles. The number of nitrogens with one attached hydrogen (secondary N) is 1. The van der Waals surface area contributed by atoms with E-state index in [9.17, 15) is 13.6 Å². The molecular weight excluding hydrogens is 438 g/mol. The van der Waals surface area contributed by atoms with Crippen molar-refractivity contribution in [3.8, 4) is 0 Å². The molecular formula is C25H34N3O4S-. The number of hydrogen-bond donors (Lipinski definition) is 1. The zero-order valence-corrected chi connectivity index (χ0v) is 20.4. The van der Waals surface area contributed by atoms with Gasteiger partial charge in [-0.25, -0.2) is 9.10 Å². The van der Waals surface area contributed by atoms with Crippen LogP contribution in [0.1, 0.15) is 50.8 Å². The normalized spacial score (nSPS) is 17.5. The van der Waals surface area contributed by atoms with Crippen LogP contribution in [0, 0.1) is 0 Å². The van der Waals surface area contributed by atoms with Crippen LogP contribution < -0.4 is 5.32 Å². The van der Waals surface area contributed by atoms with Crippen LogP contribution in [0.25, 0.3) is 0 Å². The van der Waals surface area contributed by atoms with Crippen LogP contribution in [0.5, 0.6) is 0 Å². The Morgan fingerprint density at radius 3 is 2.24 bits per heavy atom. The second-order valence-corrected chi connectivity index (χ2v) is 10.4. The molecule has 0 spiro atoms. The van der Waals surface area contributed by atoms with E-state index in [0.29, 0.717) is 13.1 Å². The summed E-state index contributed by atoms with van der Waals surface area (Å²) in [6, 6.07) is 19.6. The van der Waals surface area contributed by atoms with Gasteiger partial charge in [0.25, 0.3) is 0 Å². The van der Waals surface area contributed by atoms with Crippen molar-refractivity contribution in [1.29, 1.82) is 0 Å². The number of nitrogens with zero attached hydrogens (tertiary/aromatic N) is 2. The minimum absolute atomic E-state index is 0.0431. The van der Waals surface area contributed by atoms with Gasteiger partial charge in [-0.15, -0.1) is 0 Å². The zero-order chi connectivity index (χ0) is 23.8. The highest BCUT2D eigenvalue weighted by Gasteiger charge is 2.29. The number of rotatable bonds is 8. The lowest BCUT2D eigenvalue weighted by atomic mass is 9.99. The Labute approximate surface area is 199 Å². The zero-order valence-electron chi connectivity index (χ0n) is 19.6. The summed E-state index contributed by atoms with van der Waals surface area (Å²) in [5, 5.41) is 2.97. The first kappa shape index (κ1) is 25.4. The molecule has 33 heavy (non-hydrogen) atoms. The predicted octanol–water partition coefficient (Wildman–Crippen LogP) is 4.01. The molecule has 0 bridgehead atoms. The Morgan fingerprint density at radius 2 is 1.70 bits per heavy atom. The number of amides is 1. The largest absolute Gasteiger partial charge is 0.760 e. The summed E-state index contributed by atoms with van der Waals surface area (Å²) >= 11 is -2.34. The number of hydrogen-bond acceptors (Lipinski definition) is 5. The second-order valence-electron chi connectivity index (χ2n) is 9.41. The second kappa shape index (κ2) is 11.7. The van der Waals surface area contributed by atoms with Crippen molar-refractivity contribution in [1.82, 2.24) is 14.5 Å². The molecule has 0 radical (unpaired) electrons. The highest BCUT2D eigenvalue weighted by atomic mass is 32.2. The Bertz CT molecular complexity index is 897. The third kappa shape index (κ3) is 8.23. The summed E-state index contributed by atoms with van der Waals surface area (Å²) < 4.78 is 31.0. The van der Waals surface area contributed by atoms with Gasteiger partial charge in [0.1, 0.15) is 5.60 Å². The summed E-state index contributed by atoms with van der Waals surface area (Å²) in [7, 11) is 0. The van der Waals surface area contributed by atoms with Crippen molar-refractivity contribution in [3.05, 3.63) is 71.8 Å². The first-order valence-corrected chi connectivity index (χ1v) is 12.4. The summed E-state index contributed by atoms with van der Waals surface area (Å²) in [6.45, 7) is 7.74. The van der Waals surface area contributed by atoms with E-state index >= 15 is 0 Å². The van der Waals surface area contributed by atoms with Gasteiger partial charge in [-0.3, -0.25) is 9.11 Å². The number of likely N-dealkylation sites (tertiary alicyclic amines) is 1. The Kier molecular flexibility index (Phi) is 9.02. The fraction of sp³-hybridized carbons (Fsp3) is 0.480. The molecule has 1 N–H and O–H groups in total. The molecule has 1 aliphatic rings. The fourth-order valence-electron chi connectivity index (χ4n) is 4.09. The molecule has 1 aliphatic heterocycles. The fourth-order valence-corrected chi connectivity index (χ4v) is 4.61. The van der Waals surface area contributed by atoms with Gasteiger partial charge in [0, 0.05) is 49.5 Å². The summed E-state index contributed by atoms with van der Waals surface area (Å²) in [5.41, 5.74) is 1.51. The van der Waals surface area contributed by atoms with Crippen LogP contribution in [-0.2, 0) is 22.5 Å². The van der Waals surface area contributed by atoms with E-state index in [0.717, 1.165) is 37.1 Å². The van der Waals surface area contributed by atoms with E-state index in [4.69, 9.17) is 4.74 Å². The Balaban J connectivity index is 1.68. The van der Waals surface area contributed by atoms with Gasteiger partial charge >= 0.3 is 6.09 Å². The van der Waals surface area contributed by atoms with E-state index in [1.807, 2.05) is 81.4 Å². The number of alkyl carbamates (subject to hydrolysis) is 1. The Morgan fingerprint density at radius 1 is 1.12 bits per heavy atom. The molecule has 0 aromatic heterocycles. The highest BCUT2D eigenvalue weighted by molar-refractivity contribution is 7.76. The van der Waals surface area contributed by atoms with Crippen molar-refractivity contribution in [3.63, 3.8) is 0 Å². The molecule has 1 amide bonds. The predicted molar refractivity (Wildman–Crippen MR) is 129 cm³/mol. The smallest absolute Gasteiger partial charge is 0.407 e. The summed E-state index contributed by atoms with van der Waals surface area (Å²) in [6.07, 6.45) is 1.17. The van der Waals surface area contributed by atoms with Crippen LogP contribution in [-0.4, -0.2) is 55.3 Å². The topological polar surface area (TPSA) is 84.9 Å². The summed E-state index contributed by atoms with van der Waals surface area (Å²) in [4.78, 5) is 14.4. The van der Waals surface area contributed by atoms with Gasteiger partial charge in [-0.1, -0.05) is 60.7 Å². The first-order chi connectivity index (χ1) is 15.7.